The number of aromatic nitrogens is 1. The minimum absolute atomic E-state index is 0.0384. The standard InChI is InChI=1S/C24H24ClNO4/c1-4-11-29-23-13-17(25)6-8-19(23)21-10-9-20(24(27)28)22(26-21)14-30-18-7-5-15(2)16(3)12-18/h5-10,12-13H,4,11,14H2,1-3H3,(H,27,28). The predicted octanol–water partition coefficient (Wildman–Crippen LogP) is 6.08. The van der Waals surface area contributed by atoms with E-state index in [4.69, 9.17) is 21.1 Å². The maximum atomic E-state index is 11.7. The van der Waals surface area contributed by atoms with Crippen LogP contribution in [0, 0.1) is 13.8 Å². The zero-order valence-corrected chi connectivity index (χ0v) is 18.0. The number of nitrogens with zero attached hydrogens (tertiary/aromatic N) is 1. The summed E-state index contributed by atoms with van der Waals surface area (Å²) in [5.74, 6) is 0.229. The molecule has 3 rings (SSSR count). The number of rotatable bonds is 8. The van der Waals surface area contributed by atoms with Gasteiger partial charge < -0.3 is 14.6 Å². The molecule has 0 amide bonds. The first-order valence-electron chi connectivity index (χ1n) is 9.75. The van der Waals surface area contributed by atoms with E-state index in [1.54, 1.807) is 24.3 Å². The van der Waals surface area contributed by atoms with E-state index in [9.17, 15) is 9.90 Å². The number of carbonyl (C=O) groups is 1. The normalized spacial score (nSPS) is 10.7. The second kappa shape index (κ2) is 9.63. The lowest BCUT2D eigenvalue weighted by molar-refractivity contribution is 0.0693. The van der Waals surface area contributed by atoms with Crippen molar-refractivity contribution in [2.45, 2.75) is 33.8 Å². The number of hydrogen-bond donors (Lipinski definition) is 1. The average Bonchev–Trinajstić information content (AvgIpc) is 2.73. The van der Waals surface area contributed by atoms with Gasteiger partial charge >= 0.3 is 5.97 Å². The van der Waals surface area contributed by atoms with Gasteiger partial charge in [0.25, 0.3) is 0 Å². The maximum Gasteiger partial charge on any atom is 0.337 e. The molecular formula is C24H24ClNO4. The molecule has 1 heterocycles. The second-order valence-electron chi connectivity index (χ2n) is 7.02. The molecule has 0 spiro atoms. The number of aromatic carboxylic acids is 1. The van der Waals surface area contributed by atoms with E-state index in [-0.39, 0.29) is 12.2 Å². The number of pyridine rings is 1. The molecule has 0 aliphatic heterocycles. The smallest absolute Gasteiger partial charge is 0.337 e. The Balaban J connectivity index is 1.95. The number of benzene rings is 2. The number of hydrogen-bond acceptors (Lipinski definition) is 4. The van der Waals surface area contributed by atoms with Gasteiger partial charge in [0.05, 0.1) is 23.6 Å². The number of aryl methyl sites for hydroxylation is 2. The van der Waals surface area contributed by atoms with Gasteiger partial charge in [0, 0.05) is 10.6 Å². The third-order valence-electron chi connectivity index (χ3n) is 4.74. The molecule has 2 aromatic carbocycles. The molecule has 5 nitrogen and oxygen atoms in total. The molecule has 3 aromatic rings. The molecule has 6 heteroatoms. The van der Waals surface area contributed by atoms with Gasteiger partial charge in [-0.15, -0.1) is 0 Å². The van der Waals surface area contributed by atoms with Crippen LogP contribution >= 0.6 is 11.6 Å². The van der Waals surface area contributed by atoms with Crippen LogP contribution in [0.25, 0.3) is 11.3 Å². The van der Waals surface area contributed by atoms with E-state index in [0.717, 1.165) is 23.1 Å². The van der Waals surface area contributed by atoms with Crippen LogP contribution in [-0.2, 0) is 6.61 Å². The fourth-order valence-corrected chi connectivity index (χ4v) is 3.11. The largest absolute Gasteiger partial charge is 0.493 e. The van der Waals surface area contributed by atoms with Crippen LogP contribution in [0.5, 0.6) is 11.5 Å². The quantitative estimate of drug-likeness (QED) is 0.473. The molecule has 0 radical (unpaired) electrons. The Bertz CT molecular complexity index is 1070. The summed E-state index contributed by atoms with van der Waals surface area (Å²) < 4.78 is 11.7. The summed E-state index contributed by atoms with van der Waals surface area (Å²) in [4.78, 5) is 16.3. The number of carboxylic acid groups (broad SMARTS) is 1. The van der Waals surface area contributed by atoms with Crippen LogP contribution in [0.2, 0.25) is 5.02 Å². The summed E-state index contributed by atoms with van der Waals surface area (Å²) in [5, 5.41) is 10.1. The minimum atomic E-state index is -1.05. The highest BCUT2D eigenvalue weighted by atomic mass is 35.5. The van der Waals surface area contributed by atoms with E-state index >= 15 is 0 Å². The second-order valence-corrected chi connectivity index (χ2v) is 7.46. The summed E-state index contributed by atoms with van der Waals surface area (Å²) in [6, 6.07) is 14.3. The highest BCUT2D eigenvalue weighted by Crippen LogP contribution is 2.32. The van der Waals surface area contributed by atoms with Crippen molar-refractivity contribution in [3.8, 4) is 22.8 Å². The SMILES string of the molecule is CCCOc1cc(Cl)ccc1-c1ccc(C(=O)O)c(COc2ccc(C)c(C)c2)n1. The lowest BCUT2D eigenvalue weighted by atomic mass is 10.1. The van der Waals surface area contributed by atoms with E-state index in [1.165, 1.54) is 0 Å². The third kappa shape index (κ3) is 5.10. The van der Waals surface area contributed by atoms with Crippen LogP contribution in [0.4, 0.5) is 0 Å². The van der Waals surface area contributed by atoms with Crippen LogP contribution in [-0.4, -0.2) is 22.7 Å². The van der Waals surface area contributed by atoms with Crippen molar-refractivity contribution in [2.24, 2.45) is 0 Å². The lowest BCUT2D eigenvalue weighted by Crippen LogP contribution is -2.09. The highest BCUT2D eigenvalue weighted by molar-refractivity contribution is 6.30. The fourth-order valence-electron chi connectivity index (χ4n) is 2.95. The van der Waals surface area contributed by atoms with Gasteiger partial charge in [-0.05, 0) is 73.9 Å². The van der Waals surface area contributed by atoms with Crippen molar-refractivity contribution in [2.75, 3.05) is 6.61 Å². The first-order chi connectivity index (χ1) is 14.4. The van der Waals surface area contributed by atoms with Crippen LogP contribution in [0.1, 0.15) is 40.5 Å². The zero-order chi connectivity index (χ0) is 21.7. The van der Waals surface area contributed by atoms with E-state index < -0.39 is 5.97 Å². The van der Waals surface area contributed by atoms with Gasteiger partial charge in [-0.3, -0.25) is 0 Å². The molecule has 1 N–H and O–H groups in total. The molecule has 0 unspecified atom stereocenters. The summed E-state index contributed by atoms with van der Waals surface area (Å²) in [7, 11) is 0. The predicted molar refractivity (Wildman–Crippen MR) is 118 cm³/mol. The van der Waals surface area contributed by atoms with Crippen LogP contribution in [0.3, 0.4) is 0 Å². The Kier molecular flexibility index (Phi) is 6.95. The molecule has 0 saturated heterocycles. The van der Waals surface area contributed by atoms with Crippen molar-refractivity contribution in [1.29, 1.82) is 0 Å². The molecule has 0 atom stereocenters. The van der Waals surface area contributed by atoms with Gasteiger partial charge in [-0.2, -0.15) is 0 Å². The Morgan fingerprint density at radius 3 is 2.53 bits per heavy atom. The van der Waals surface area contributed by atoms with E-state index in [2.05, 4.69) is 4.98 Å². The van der Waals surface area contributed by atoms with E-state index in [1.807, 2.05) is 45.0 Å². The first kappa shape index (κ1) is 21.7. The van der Waals surface area contributed by atoms with Gasteiger partial charge in [-0.1, -0.05) is 24.6 Å². The monoisotopic (exact) mass is 425 g/mol. The van der Waals surface area contributed by atoms with Gasteiger partial charge in [-0.25, -0.2) is 9.78 Å². The Labute approximate surface area is 181 Å². The lowest BCUT2D eigenvalue weighted by Gasteiger charge is -2.14. The molecule has 0 fully saturated rings. The zero-order valence-electron chi connectivity index (χ0n) is 17.2. The Morgan fingerprint density at radius 1 is 1.03 bits per heavy atom. The molecule has 1 aromatic heterocycles. The van der Waals surface area contributed by atoms with Crippen molar-refractivity contribution < 1.29 is 19.4 Å². The summed E-state index contributed by atoms with van der Waals surface area (Å²) in [6.07, 6.45) is 0.854. The summed E-state index contributed by atoms with van der Waals surface area (Å²) in [5.41, 5.74) is 4.06. The molecule has 0 saturated carbocycles. The van der Waals surface area contributed by atoms with Gasteiger partial charge in [0.2, 0.25) is 0 Å². The maximum absolute atomic E-state index is 11.7. The van der Waals surface area contributed by atoms with Crippen molar-refractivity contribution in [3.05, 3.63) is 75.9 Å². The molecule has 30 heavy (non-hydrogen) atoms. The molecular weight excluding hydrogens is 402 g/mol. The molecule has 156 valence electrons. The average molecular weight is 426 g/mol. The Hall–Kier alpha value is -3.05. The van der Waals surface area contributed by atoms with Crippen molar-refractivity contribution in [1.82, 2.24) is 4.98 Å². The highest BCUT2D eigenvalue weighted by Gasteiger charge is 2.16. The summed E-state index contributed by atoms with van der Waals surface area (Å²) in [6.45, 7) is 6.63. The first-order valence-corrected chi connectivity index (χ1v) is 10.1. The van der Waals surface area contributed by atoms with E-state index in [0.29, 0.717) is 34.5 Å². The van der Waals surface area contributed by atoms with Crippen LogP contribution in [0.15, 0.2) is 48.5 Å². The van der Waals surface area contributed by atoms with Crippen molar-refractivity contribution >= 4 is 17.6 Å². The van der Waals surface area contributed by atoms with Crippen LogP contribution < -0.4 is 9.47 Å². The number of ether oxygens (including phenoxy) is 2. The van der Waals surface area contributed by atoms with Gasteiger partial charge in [0.15, 0.2) is 0 Å². The third-order valence-corrected chi connectivity index (χ3v) is 4.97. The summed E-state index contributed by atoms with van der Waals surface area (Å²) >= 11 is 6.12. The topological polar surface area (TPSA) is 68.7 Å². The Morgan fingerprint density at radius 2 is 1.83 bits per heavy atom. The molecule has 0 aliphatic carbocycles. The molecule has 0 bridgehead atoms. The molecule has 0 aliphatic rings. The minimum Gasteiger partial charge on any atom is -0.493 e. The fraction of sp³-hybridized carbons (Fsp3) is 0.250. The van der Waals surface area contributed by atoms with Gasteiger partial charge in [0.1, 0.15) is 18.1 Å². The van der Waals surface area contributed by atoms with Crippen molar-refractivity contribution in [3.63, 3.8) is 0 Å². The number of halogens is 1. The number of carboxylic acids is 1.